The van der Waals surface area contributed by atoms with Crippen molar-refractivity contribution in [2.45, 2.75) is 39.2 Å². The summed E-state index contributed by atoms with van der Waals surface area (Å²) in [6, 6.07) is 0.0730. The lowest BCUT2D eigenvalue weighted by Crippen LogP contribution is -2.48. The molecule has 0 aromatic carbocycles. The number of amides is 1. The fraction of sp³-hybridized carbons (Fsp3) is 0.688. The van der Waals surface area contributed by atoms with Gasteiger partial charge in [-0.3, -0.25) is 4.99 Å². The number of carbonyl (C=O) groups is 1. The van der Waals surface area contributed by atoms with Gasteiger partial charge in [0.1, 0.15) is 0 Å². The fourth-order valence-corrected chi connectivity index (χ4v) is 3.06. The van der Waals surface area contributed by atoms with Crippen molar-refractivity contribution in [3.8, 4) is 0 Å². The molecule has 1 atom stereocenters. The summed E-state index contributed by atoms with van der Waals surface area (Å²) in [6.07, 6.45) is 2.80. The predicted molar refractivity (Wildman–Crippen MR) is 112 cm³/mol. The van der Waals surface area contributed by atoms with Gasteiger partial charge in [-0.1, -0.05) is 0 Å². The molecule has 1 heterocycles. The lowest BCUT2D eigenvalue weighted by molar-refractivity contribution is 0.146. The van der Waals surface area contributed by atoms with Crippen molar-refractivity contribution in [1.82, 2.24) is 20.9 Å². The molecule has 142 valence electrons. The van der Waals surface area contributed by atoms with E-state index in [-0.39, 0.29) is 36.1 Å². The van der Waals surface area contributed by atoms with Crippen LogP contribution in [0.2, 0.25) is 0 Å². The van der Waals surface area contributed by atoms with Crippen molar-refractivity contribution < 1.29 is 9.53 Å². The van der Waals surface area contributed by atoms with Gasteiger partial charge in [-0.2, -0.15) is 0 Å². The molecule has 1 unspecified atom stereocenters. The summed E-state index contributed by atoms with van der Waals surface area (Å²) < 4.78 is 4.97. The zero-order valence-corrected chi connectivity index (χ0v) is 18.1. The molecule has 0 aliphatic heterocycles. The van der Waals surface area contributed by atoms with E-state index in [4.69, 9.17) is 4.74 Å². The number of nitrogens with zero attached hydrogens (tertiary/aromatic N) is 2. The Balaban J connectivity index is 0.00000312. The maximum absolute atomic E-state index is 11.6. The summed E-state index contributed by atoms with van der Waals surface area (Å²) in [5.74, 6) is 1.26. The van der Waals surface area contributed by atoms with Crippen molar-refractivity contribution >= 4 is 47.4 Å². The summed E-state index contributed by atoms with van der Waals surface area (Å²) >= 11 is 1.67. The molecule has 0 spiro atoms. The van der Waals surface area contributed by atoms with Crippen LogP contribution in [0.5, 0.6) is 0 Å². The Morgan fingerprint density at radius 3 is 2.80 bits per heavy atom. The second-order valence-electron chi connectivity index (χ2n) is 5.80. The predicted octanol–water partition coefficient (Wildman–Crippen LogP) is 2.30. The Labute approximate surface area is 170 Å². The molecular formula is C16H28IN5O2S. The molecule has 3 N–H and O–H groups in total. The summed E-state index contributed by atoms with van der Waals surface area (Å²) in [4.78, 5) is 20.3. The number of aryl methyl sites for hydroxylation is 1. The Kier molecular flexibility index (Phi) is 10.1. The van der Waals surface area contributed by atoms with Gasteiger partial charge in [-0.25, -0.2) is 9.78 Å². The van der Waals surface area contributed by atoms with Gasteiger partial charge in [0, 0.05) is 31.9 Å². The van der Waals surface area contributed by atoms with E-state index < -0.39 is 0 Å². The number of alkyl carbamates (subject to hydrolysis) is 1. The highest BCUT2D eigenvalue weighted by Crippen LogP contribution is 2.32. The van der Waals surface area contributed by atoms with Crippen LogP contribution in [0.1, 0.15) is 30.5 Å². The Morgan fingerprint density at radius 1 is 1.48 bits per heavy atom. The standard InChI is InChI=1S/C16H27N5O2S.HI/c1-4-23-16(22)21-14(12-5-6-12)9-19-15(17-3)18-8-7-13-10-24-11(2)20-13;/h10,12,14H,4-9H2,1-3H3,(H,21,22)(H2,17,18,19);1H. The molecule has 0 bridgehead atoms. The number of rotatable bonds is 8. The number of aromatic nitrogens is 1. The first-order valence-corrected chi connectivity index (χ1v) is 9.29. The van der Waals surface area contributed by atoms with E-state index in [9.17, 15) is 4.79 Å². The first-order chi connectivity index (χ1) is 11.6. The first-order valence-electron chi connectivity index (χ1n) is 8.41. The van der Waals surface area contributed by atoms with Gasteiger partial charge in [0.2, 0.25) is 0 Å². The molecule has 1 saturated carbocycles. The molecule has 1 aromatic rings. The number of hydrogen-bond donors (Lipinski definition) is 3. The minimum Gasteiger partial charge on any atom is -0.450 e. The van der Waals surface area contributed by atoms with Crippen LogP contribution in [0, 0.1) is 12.8 Å². The van der Waals surface area contributed by atoms with Gasteiger partial charge >= 0.3 is 6.09 Å². The zero-order valence-electron chi connectivity index (χ0n) is 15.0. The number of hydrogen-bond acceptors (Lipinski definition) is 5. The van der Waals surface area contributed by atoms with Gasteiger partial charge in [0.25, 0.3) is 0 Å². The molecule has 0 saturated heterocycles. The Morgan fingerprint density at radius 2 is 2.24 bits per heavy atom. The molecule has 0 radical (unpaired) electrons. The summed E-state index contributed by atoms with van der Waals surface area (Å²) in [5, 5.41) is 12.7. The number of halogens is 1. The lowest BCUT2D eigenvalue weighted by atomic mass is 10.2. The number of thiazole rings is 1. The van der Waals surface area contributed by atoms with E-state index in [1.54, 1.807) is 25.3 Å². The second-order valence-corrected chi connectivity index (χ2v) is 6.86. The van der Waals surface area contributed by atoms with Crippen molar-refractivity contribution in [3.05, 3.63) is 16.1 Å². The van der Waals surface area contributed by atoms with Gasteiger partial charge in [0.05, 0.1) is 23.4 Å². The van der Waals surface area contributed by atoms with Crippen molar-refractivity contribution in [1.29, 1.82) is 0 Å². The highest BCUT2D eigenvalue weighted by Gasteiger charge is 2.32. The van der Waals surface area contributed by atoms with Crippen LogP contribution in [0.15, 0.2) is 10.4 Å². The van der Waals surface area contributed by atoms with Gasteiger partial charge in [0.15, 0.2) is 5.96 Å². The van der Waals surface area contributed by atoms with Gasteiger partial charge in [-0.15, -0.1) is 35.3 Å². The third-order valence-corrected chi connectivity index (χ3v) is 4.65. The summed E-state index contributed by atoms with van der Waals surface area (Å²) in [6.45, 7) is 5.60. The van der Waals surface area contributed by atoms with E-state index in [1.165, 1.54) is 0 Å². The topological polar surface area (TPSA) is 87.6 Å². The average Bonchev–Trinajstić information content (AvgIpc) is 3.32. The largest absolute Gasteiger partial charge is 0.450 e. The summed E-state index contributed by atoms with van der Waals surface area (Å²) in [7, 11) is 1.74. The monoisotopic (exact) mass is 481 g/mol. The molecule has 2 rings (SSSR count). The van der Waals surface area contributed by atoms with Crippen LogP contribution in [-0.4, -0.2) is 49.8 Å². The van der Waals surface area contributed by atoms with E-state index in [1.807, 2.05) is 6.92 Å². The molecule has 1 fully saturated rings. The minimum atomic E-state index is -0.349. The molecule has 7 nitrogen and oxygen atoms in total. The number of carbonyl (C=O) groups excluding carboxylic acids is 1. The van der Waals surface area contributed by atoms with Crippen molar-refractivity contribution in [3.63, 3.8) is 0 Å². The normalized spacial score (nSPS) is 15.1. The van der Waals surface area contributed by atoms with Crippen LogP contribution in [-0.2, 0) is 11.2 Å². The minimum absolute atomic E-state index is 0. The zero-order chi connectivity index (χ0) is 17.4. The van der Waals surface area contributed by atoms with Crippen LogP contribution in [0.3, 0.4) is 0 Å². The van der Waals surface area contributed by atoms with Crippen molar-refractivity contribution in [2.24, 2.45) is 10.9 Å². The Hall–Kier alpha value is -1.10. The third-order valence-electron chi connectivity index (χ3n) is 3.82. The SMILES string of the molecule is CCOC(=O)NC(CNC(=NC)NCCc1csc(C)n1)C1CC1.I. The molecule has 25 heavy (non-hydrogen) atoms. The van der Waals surface area contributed by atoms with E-state index in [2.05, 4.69) is 31.3 Å². The van der Waals surface area contributed by atoms with E-state index >= 15 is 0 Å². The quantitative estimate of drug-likeness (QED) is 0.302. The molecule has 1 aliphatic rings. The van der Waals surface area contributed by atoms with E-state index in [0.717, 1.165) is 42.5 Å². The first kappa shape index (κ1) is 21.9. The highest BCUT2D eigenvalue weighted by molar-refractivity contribution is 14.0. The smallest absolute Gasteiger partial charge is 0.407 e. The highest BCUT2D eigenvalue weighted by atomic mass is 127. The summed E-state index contributed by atoms with van der Waals surface area (Å²) in [5.41, 5.74) is 1.10. The van der Waals surface area contributed by atoms with Gasteiger partial charge in [-0.05, 0) is 32.6 Å². The lowest BCUT2D eigenvalue weighted by Gasteiger charge is -2.20. The number of aliphatic imine (C=N–C) groups is 1. The van der Waals surface area contributed by atoms with Gasteiger partial charge < -0.3 is 20.7 Å². The van der Waals surface area contributed by atoms with E-state index in [0.29, 0.717) is 19.1 Å². The third kappa shape index (κ3) is 8.21. The number of ether oxygens (including phenoxy) is 1. The number of guanidine groups is 1. The van der Waals surface area contributed by atoms with Crippen molar-refractivity contribution in [2.75, 3.05) is 26.7 Å². The average molecular weight is 481 g/mol. The van der Waals surface area contributed by atoms with Crippen LogP contribution < -0.4 is 16.0 Å². The molecule has 1 aromatic heterocycles. The maximum atomic E-state index is 11.6. The maximum Gasteiger partial charge on any atom is 0.407 e. The Bertz CT molecular complexity index is 562. The van der Waals surface area contributed by atoms with Crippen LogP contribution >= 0.6 is 35.3 Å². The second kappa shape index (κ2) is 11.5. The van der Waals surface area contributed by atoms with Crippen LogP contribution in [0.4, 0.5) is 4.79 Å². The molecule has 1 aliphatic carbocycles. The fourth-order valence-electron chi connectivity index (χ4n) is 2.42. The molecule has 1 amide bonds. The van der Waals surface area contributed by atoms with Crippen LogP contribution in [0.25, 0.3) is 0 Å². The molecule has 9 heteroatoms. The molecular weight excluding hydrogens is 453 g/mol. The number of nitrogens with one attached hydrogen (secondary N) is 3.